The molecule has 1 saturated heterocycles. The highest BCUT2D eigenvalue weighted by Gasteiger charge is 2.25. The maximum Gasteiger partial charge on any atom is 0.173 e. The Balaban J connectivity index is 1.63. The van der Waals surface area contributed by atoms with E-state index in [1.54, 1.807) is 0 Å². The van der Waals surface area contributed by atoms with E-state index >= 15 is 0 Å². The third-order valence-corrected chi connectivity index (χ3v) is 5.09. The second kappa shape index (κ2) is 7.41. The largest absolute Gasteiger partial charge is 0.365 e. The molecule has 1 N–H and O–H groups in total. The molecule has 3 nitrogen and oxygen atoms in total. The summed E-state index contributed by atoms with van der Waals surface area (Å²) in [5.41, 5.74) is 3.42. The molecule has 1 unspecified atom stereocenters. The van der Waals surface area contributed by atoms with E-state index in [0.717, 1.165) is 30.4 Å². The van der Waals surface area contributed by atoms with Gasteiger partial charge in [0, 0.05) is 31.4 Å². The van der Waals surface area contributed by atoms with Gasteiger partial charge in [-0.25, -0.2) is 0 Å². The fourth-order valence-electron chi connectivity index (χ4n) is 3.02. The SMILES string of the molecule is Cc1ccc(N2CCN(C(=S)Nc3ccccc3Cl)CC2C)cc1. The fourth-order valence-corrected chi connectivity index (χ4v) is 3.48. The number of thiocarbonyl (C=S) groups is 1. The van der Waals surface area contributed by atoms with Gasteiger partial charge >= 0.3 is 0 Å². The quantitative estimate of drug-likeness (QED) is 0.792. The van der Waals surface area contributed by atoms with Crippen molar-refractivity contribution in [2.24, 2.45) is 0 Å². The molecule has 0 spiro atoms. The van der Waals surface area contributed by atoms with Crippen LogP contribution in [-0.4, -0.2) is 35.7 Å². The first-order chi connectivity index (χ1) is 11.5. The minimum absolute atomic E-state index is 0.396. The summed E-state index contributed by atoms with van der Waals surface area (Å²) in [4.78, 5) is 4.65. The zero-order valence-corrected chi connectivity index (χ0v) is 15.6. The van der Waals surface area contributed by atoms with Crippen molar-refractivity contribution in [1.82, 2.24) is 4.90 Å². The Morgan fingerprint density at radius 1 is 1.12 bits per heavy atom. The number of nitrogens with one attached hydrogen (secondary N) is 1. The number of hydrogen-bond donors (Lipinski definition) is 1. The molecule has 0 aromatic heterocycles. The van der Waals surface area contributed by atoms with Gasteiger partial charge in [0.15, 0.2) is 5.11 Å². The van der Waals surface area contributed by atoms with E-state index in [0.29, 0.717) is 11.1 Å². The van der Waals surface area contributed by atoms with Crippen LogP contribution in [0.2, 0.25) is 5.02 Å². The average Bonchev–Trinajstić information content (AvgIpc) is 2.58. The summed E-state index contributed by atoms with van der Waals surface area (Å²) in [5.74, 6) is 0. The average molecular weight is 360 g/mol. The van der Waals surface area contributed by atoms with Crippen LogP contribution < -0.4 is 10.2 Å². The molecule has 1 aliphatic rings. The van der Waals surface area contributed by atoms with Gasteiger partial charge in [0.05, 0.1) is 10.7 Å². The van der Waals surface area contributed by atoms with Crippen LogP contribution in [-0.2, 0) is 0 Å². The number of anilines is 2. The number of nitrogens with zero attached hydrogens (tertiary/aromatic N) is 2. The Morgan fingerprint density at radius 3 is 2.50 bits per heavy atom. The lowest BCUT2D eigenvalue weighted by molar-refractivity contribution is 0.342. The van der Waals surface area contributed by atoms with Crippen molar-refractivity contribution in [1.29, 1.82) is 0 Å². The Morgan fingerprint density at radius 2 is 1.83 bits per heavy atom. The third kappa shape index (κ3) is 3.82. The topological polar surface area (TPSA) is 18.5 Å². The molecule has 1 fully saturated rings. The predicted molar refractivity (Wildman–Crippen MR) is 107 cm³/mol. The number of aryl methyl sites for hydroxylation is 1. The molecule has 2 aromatic carbocycles. The third-order valence-electron chi connectivity index (χ3n) is 4.40. The summed E-state index contributed by atoms with van der Waals surface area (Å²) in [5, 5.41) is 4.69. The first-order valence-corrected chi connectivity index (χ1v) is 8.97. The van der Waals surface area contributed by atoms with Gasteiger partial charge in [-0.05, 0) is 50.3 Å². The molecule has 0 radical (unpaired) electrons. The van der Waals surface area contributed by atoms with Crippen LogP contribution in [0, 0.1) is 6.92 Å². The minimum atomic E-state index is 0.396. The zero-order chi connectivity index (χ0) is 17.1. The molecule has 0 saturated carbocycles. The molecular formula is C19H22ClN3S. The van der Waals surface area contributed by atoms with Crippen molar-refractivity contribution >= 4 is 40.3 Å². The van der Waals surface area contributed by atoms with Crippen LogP contribution in [0.1, 0.15) is 12.5 Å². The number of piperazine rings is 1. The Bertz CT molecular complexity index is 717. The van der Waals surface area contributed by atoms with Crippen LogP contribution >= 0.6 is 23.8 Å². The van der Waals surface area contributed by atoms with Crippen LogP contribution in [0.3, 0.4) is 0 Å². The van der Waals surface area contributed by atoms with Gasteiger partial charge < -0.3 is 15.1 Å². The number of halogens is 1. The van der Waals surface area contributed by atoms with E-state index < -0.39 is 0 Å². The molecule has 5 heteroatoms. The molecule has 24 heavy (non-hydrogen) atoms. The summed E-state index contributed by atoms with van der Waals surface area (Å²) in [6.07, 6.45) is 0. The molecule has 0 bridgehead atoms. The van der Waals surface area contributed by atoms with Crippen molar-refractivity contribution in [2.75, 3.05) is 29.9 Å². The van der Waals surface area contributed by atoms with E-state index in [4.69, 9.17) is 23.8 Å². The molecule has 0 aliphatic carbocycles. The first kappa shape index (κ1) is 17.1. The normalized spacial score (nSPS) is 17.7. The van der Waals surface area contributed by atoms with Crippen LogP contribution in [0.25, 0.3) is 0 Å². The summed E-state index contributed by atoms with van der Waals surface area (Å²) >= 11 is 11.8. The second-order valence-corrected chi connectivity index (χ2v) is 7.03. The number of hydrogen-bond acceptors (Lipinski definition) is 2. The second-order valence-electron chi connectivity index (χ2n) is 6.23. The Hall–Kier alpha value is -1.78. The van der Waals surface area contributed by atoms with Crippen LogP contribution in [0.4, 0.5) is 11.4 Å². The monoisotopic (exact) mass is 359 g/mol. The highest BCUT2D eigenvalue weighted by Crippen LogP contribution is 2.23. The van der Waals surface area contributed by atoms with E-state index in [1.807, 2.05) is 24.3 Å². The van der Waals surface area contributed by atoms with Crippen molar-refractivity contribution in [2.45, 2.75) is 19.9 Å². The van der Waals surface area contributed by atoms with E-state index in [2.05, 4.69) is 53.2 Å². The number of para-hydroxylation sites is 1. The summed E-state index contributed by atoms with van der Waals surface area (Å²) in [7, 11) is 0. The molecule has 126 valence electrons. The van der Waals surface area contributed by atoms with E-state index in [-0.39, 0.29) is 0 Å². The molecule has 1 atom stereocenters. The van der Waals surface area contributed by atoms with Crippen molar-refractivity contribution in [3.63, 3.8) is 0 Å². The van der Waals surface area contributed by atoms with Gasteiger partial charge in [-0.15, -0.1) is 0 Å². The molecule has 0 amide bonds. The molecular weight excluding hydrogens is 338 g/mol. The summed E-state index contributed by atoms with van der Waals surface area (Å²) in [6, 6.07) is 16.8. The smallest absolute Gasteiger partial charge is 0.173 e. The summed E-state index contributed by atoms with van der Waals surface area (Å²) < 4.78 is 0. The van der Waals surface area contributed by atoms with Crippen molar-refractivity contribution in [3.05, 3.63) is 59.1 Å². The minimum Gasteiger partial charge on any atom is -0.365 e. The first-order valence-electron chi connectivity index (χ1n) is 8.18. The van der Waals surface area contributed by atoms with Crippen LogP contribution in [0.15, 0.2) is 48.5 Å². The molecule has 1 heterocycles. The number of rotatable bonds is 2. The lowest BCUT2D eigenvalue weighted by Gasteiger charge is -2.42. The maximum absolute atomic E-state index is 6.20. The van der Waals surface area contributed by atoms with Crippen LogP contribution in [0.5, 0.6) is 0 Å². The van der Waals surface area contributed by atoms with Gasteiger partial charge in [-0.2, -0.15) is 0 Å². The fraction of sp³-hybridized carbons (Fsp3) is 0.316. The molecule has 1 aliphatic heterocycles. The highest BCUT2D eigenvalue weighted by molar-refractivity contribution is 7.80. The van der Waals surface area contributed by atoms with Gasteiger partial charge in [-0.3, -0.25) is 0 Å². The zero-order valence-electron chi connectivity index (χ0n) is 14.0. The summed E-state index contributed by atoms with van der Waals surface area (Å²) in [6.45, 7) is 7.10. The van der Waals surface area contributed by atoms with Crippen molar-refractivity contribution < 1.29 is 0 Å². The Labute approximate surface area is 154 Å². The van der Waals surface area contributed by atoms with Gasteiger partial charge in [-0.1, -0.05) is 41.4 Å². The van der Waals surface area contributed by atoms with E-state index in [9.17, 15) is 0 Å². The predicted octanol–water partition coefficient (Wildman–Crippen LogP) is 4.56. The molecule has 2 aromatic rings. The van der Waals surface area contributed by atoms with E-state index in [1.165, 1.54) is 11.3 Å². The lowest BCUT2D eigenvalue weighted by atomic mass is 10.1. The number of benzene rings is 2. The lowest BCUT2D eigenvalue weighted by Crippen LogP contribution is -2.54. The van der Waals surface area contributed by atoms with Gasteiger partial charge in [0.2, 0.25) is 0 Å². The van der Waals surface area contributed by atoms with Gasteiger partial charge in [0.25, 0.3) is 0 Å². The highest BCUT2D eigenvalue weighted by atomic mass is 35.5. The Kier molecular flexibility index (Phi) is 5.27. The van der Waals surface area contributed by atoms with Gasteiger partial charge in [0.1, 0.15) is 0 Å². The standard InChI is InChI=1S/C19H22ClN3S/c1-14-7-9-16(10-8-14)23-12-11-22(13-15(23)2)19(24)21-18-6-4-3-5-17(18)20/h3-10,15H,11-13H2,1-2H3,(H,21,24). The maximum atomic E-state index is 6.20. The van der Waals surface area contributed by atoms with Crippen molar-refractivity contribution in [3.8, 4) is 0 Å². The molecule has 3 rings (SSSR count).